The highest BCUT2D eigenvalue weighted by Crippen LogP contribution is 2.26. The summed E-state index contributed by atoms with van der Waals surface area (Å²) in [4.78, 5) is 36.4. The van der Waals surface area contributed by atoms with E-state index in [1.165, 1.54) is 26.2 Å². The summed E-state index contributed by atoms with van der Waals surface area (Å²) in [5.74, 6) is -1.29. The van der Waals surface area contributed by atoms with E-state index in [0.29, 0.717) is 22.2 Å². The SMILES string of the molecule is COc1ccc(C=C(NC(C)=O)C(=O)O)c2ccc(=O)[nH]c12. The Morgan fingerprint density at radius 3 is 2.59 bits per heavy atom. The van der Waals surface area contributed by atoms with Crippen molar-refractivity contribution in [2.24, 2.45) is 0 Å². The summed E-state index contributed by atoms with van der Waals surface area (Å²) in [5, 5.41) is 12.0. The van der Waals surface area contributed by atoms with E-state index in [9.17, 15) is 14.4 Å². The average Bonchev–Trinajstić information content (AvgIpc) is 2.45. The number of amides is 1. The number of rotatable bonds is 4. The van der Waals surface area contributed by atoms with Crippen molar-refractivity contribution in [1.29, 1.82) is 0 Å². The highest BCUT2D eigenvalue weighted by atomic mass is 16.5. The molecule has 0 aliphatic heterocycles. The van der Waals surface area contributed by atoms with Crippen molar-refractivity contribution in [2.45, 2.75) is 6.92 Å². The lowest BCUT2D eigenvalue weighted by molar-refractivity contribution is -0.134. The lowest BCUT2D eigenvalue weighted by atomic mass is 10.1. The number of carboxylic acid groups (broad SMARTS) is 1. The van der Waals surface area contributed by atoms with Crippen LogP contribution in [0.5, 0.6) is 5.75 Å². The molecule has 0 aliphatic carbocycles. The quantitative estimate of drug-likeness (QED) is 0.733. The molecule has 7 heteroatoms. The number of hydrogen-bond donors (Lipinski definition) is 3. The number of benzene rings is 1. The summed E-state index contributed by atoms with van der Waals surface area (Å²) in [5.41, 5.74) is 0.423. The number of carbonyl (C=O) groups excluding carboxylic acids is 1. The molecule has 2 rings (SSSR count). The fourth-order valence-corrected chi connectivity index (χ4v) is 2.04. The molecule has 0 saturated heterocycles. The van der Waals surface area contributed by atoms with Crippen LogP contribution in [0.25, 0.3) is 17.0 Å². The van der Waals surface area contributed by atoms with Crippen molar-refractivity contribution in [3.05, 3.63) is 45.9 Å². The van der Waals surface area contributed by atoms with Gasteiger partial charge >= 0.3 is 5.97 Å². The Kier molecular flexibility index (Phi) is 4.26. The number of aromatic amines is 1. The minimum Gasteiger partial charge on any atom is -0.495 e. The topological polar surface area (TPSA) is 108 Å². The summed E-state index contributed by atoms with van der Waals surface area (Å²) in [6.07, 6.45) is 1.32. The van der Waals surface area contributed by atoms with Crippen LogP contribution in [0.2, 0.25) is 0 Å². The zero-order valence-corrected chi connectivity index (χ0v) is 12.0. The van der Waals surface area contributed by atoms with Crippen LogP contribution >= 0.6 is 0 Å². The molecule has 1 amide bonds. The second-order valence-electron chi connectivity index (χ2n) is 4.51. The summed E-state index contributed by atoms with van der Waals surface area (Å²) in [7, 11) is 1.47. The van der Waals surface area contributed by atoms with Gasteiger partial charge in [-0.15, -0.1) is 0 Å². The van der Waals surface area contributed by atoms with E-state index in [1.54, 1.807) is 18.2 Å². The van der Waals surface area contributed by atoms with Gasteiger partial charge in [-0.2, -0.15) is 0 Å². The first kappa shape index (κ1) is 15.3. The maximum absolute atomic E-state index is 11.5. The van der Waals surface area contributed by atoms with Gasteiger partial charge < -0.3 is 20.1 Å². The fourth-order valence-electron chi connectivity index (χ4n) is 2.04. The van der Waals surface area contributed by atoms with E-state index in [2.05, 4.69) is 10.3 Å². The van der Waals surface area contributed by atoms with Gasteiger partial charge in [0.1, 0.15) is 11.4 Å². The zero-order valence-electron chi connectivity index (χ0n) is 12.0. The van der Waals surface area contributed by atoms with E-state index in [4.69, 9.17) is 9.84 Å². The Balaban J connectivity index is 2.68. The molecule has 0 fully saturated rings. The van der Waals surface area contributed by atoms with Gasteiger partial charge in [-0.3, -0.25) is 9.59 Å². The molecule has 1 aromatic carbocycles. The molecule has 1 aromatic heterocycles. The molecule has 0 bridgehead atoms. The Morgan fingerprint density at radius 1 is 1.27 bits per heavy atom. The first-order valence-electron chi connectivity index (χ1n) is 6.35. The standard InChI is InChI=1S/C15H14N2O5/c1-8(18)16-11(15(20)21)7-9-3-5-12(22-2)14-10(9)4-6-13(19)17-14/h3-7H,1-2H3,(H,16,18)(H,17,19)(H,20,21). The van der Waals surface area contributed by atoms with E-state index in [-0.39, 0.29) is 11.3 Å². The predicted octanol–water partition coefficient (Wildman–Crippen LogP) is 1.10. The second-order valence-corrected chi connectivity index (χ2v) is 4.51. The van der Waals surface area contributed by atoms with Crippen molar-refractivity contribution >= 4 is 28.9 Å². The van der Waals surface area contributed by atoms with Crippen LogP contribution in [0.3, 0.4) is 0 Å². The van der Waals surface area contributed by atoms with Crippen LogP contribution in [-0.2, 0) is 9.59 Å². The van der Waals surface area contributed by atoms with Gasteiger partial charge in [-0.1, -0.05) is 6.07 Å². The molecule has 114 valence electrons. The largest absolute Gasteiger partial charge is 0.495 e. The third-order valence-corrected chi connectivity index (χ3v) is 2.95. The summed E-state index contributed by atoms with van der Waals surface area (Å²) in [6.45, 7) is 1.22. The molecule has 22 heavy (non-hydrogen) atoms. The molecule has 0 radical (unpaired) electrons. The van der Waals surface area contributed by atoms with Gasteiger partial charge in [0.05, 0.1) is 12.6 Å². The lowest BCUT2D eigenvalue weighted by Crippen LogP contribution is -2.24. The number of fused-ring (bicyclic) bond motifs is 1. The number of carboxylic acids is 1. The van der Waals surface area contributed by atoms with Crippen LogP contribution in [0.15, 0.2) is 34.8 Å². The Hall–Kier alpha value is -3.09. The molecule has 0 unspecified atom stereocenters. The van der Waals surface area contributed by atoms with Crippen LogP contribution in [0, 0.1) is 0 Å². The van der Waals surface area contributed by atoms with E-state index in [0.717, 1.165) is 0 Å². The number of carbonyl (C=O) groups is 2. The van der Waals surface area contributed by atoms with Gasteiger partial charge in [0.25, 0.3) is 0 Å². The predicted molar refractivity (Wildman–Crippen MR) is 80.6 cm³/mol. The highest BCUT2D eigenvalue weighted by Gasteiger charge is 2.12. The second kappa shape index (κ2) is 6.13. The third kappa shape index (κ3) is 3.14. The molecular weight excluding hydrogens is 288 g/mol. The van der Waals surface area contributed by atoms with Gasteiger partial charge in [0, 0.05) is 18.4 Å². The van der Waals surface area contributed by atoms with E-state index in [1.807, 2.05) is 0 Å². The molecule has 0 spiro atoms. The van der Waals surface area contributed by atoms with Gasteiger partial charge in [-0.05, 0) is 23.8 Å². The van der Waals surface area contributed by atoms with Crippen LogP contribution in [0.4, 0.5) is 0 Å². The molecule has 2 aromatic rings. The van der Waals surface area contributed by atoms with Gasteiger partial charge in [0.15, 0.2) is 0 Å². The van der Waals surface area contributed by atoms with Crippen molar-refractivity contribution in [2.75, 3.05) is 7.11 Å². The minimum absolute atomic E-state index is 0.259. The third-order valence-electron chi connectivity index (χ3n) is 2.95. The first-order chi connectivity index (χ1) is 10.4. The Labute approximate surface area is 125 Å². The molecule has 0 saturated carbocycles. The number of aromatic nitrogens is 1. The van der Waals surface area contributed by atoms with Crippen LogP contribution < -0.4 is 15.6 Å². The smallest absolute Gasteiger partial charge is 0.352 e. The highest BCUT2D eigenvalue weighted by molar-refractivity contribution is 6.00. The van der Waals surface area contributed by atoms with Gasteiger partial charge in [0.2, 0.25) is 11.5 Å². The van der Waals surface area contributed by atoms with E-state index >= 15 is 0 Å². The maximum atomic E-state index is 11.5. The number of hydrogen-bond acceptors (Lipinski definition) is 4. The number of pyridine rings is 1. The van der Waals surface area contributed by atoms with Gasteiger partial charge in [-0.25, -0.2) is 4.79 Å². The van der Waals surface area contributed by atoms with Crippen LogP contribution in [-0.4, -0.2) is 29.1 Å². The number of aliphatic carboxylic acids is 1. The molecular formula is C15H14N2O5. The van der Waals surface area contributed by atoms with Crippen molar-refractivity contribution in [3.8, 4) is 5.75 Å². The molecule has 0 aliphatic rings. The number of methoxy groups -OCH3 is 1. The van der Waals surface area contributed by atoms with E-state index < -0.39 is 11.9 Å². The summed E-state index contributed by atoms with van der Waals surface area (Å²) in [6, 6.07) is 6.15. The zero-order chi connectivity index (χ0) is 16.3. The molecule has 3 N–H and O–H groups in total. The fraction of sp³-hybridized carbons (Fsp3) is 0.133. The summed E-state index contributed by atoms with van der Waals surface area (Å²) >= 11 is 0. The van der Waals surface area contributed by atoms with Crippen molar-refractivity contribution < 1.29 is 19.4 Å². The maximum Gasteiger partial charge on any atom is 0.352 e. The first-order valence-corrected chi connectivity index (χ1v) is 6.35. The summed E-state index contributed by atoms with van der Waals surface area (Å²) < 4.78 is 5.18. The Bertz CT molecular complexity index is 835. The lowest BCUT2D eigenvalue weighted by Gasteiger charge is -2.09. The number of ether oxygens (including phenoxy) is 1. The normalized spacial score (nSPS) is 11.3. The molecule has 0 atom stereocenters. The molecule has 1 heterocycles. The number of nitrogens with one attached hydrogen (secondary N) is 2. The number of H-pyrrole nitrogens is 1. The monoisotopic (exact) mass is 302 g/mol. The van der Waals surface area contributed by atoms with Crippen molar-refractivity contribution in [3.63, 3.8) is 0 Å². The Morgan fingerprint density at radius 2 is 2.00 bits per heavy atom. The van der Waals surface area contributed by atoms with Crippen LogP contribution in [0.1, 0.15) is 12.5 Å². The minimum atomic E-state index is -1.26. The average molecular weight is 302 g/mol. The molecule has 7 nitrogen and oxygen atoms in total. The van der Waals surface area contributed by atoms with Crippen molar-refractivity contribution in [1.82, 2.24) is 10.3 Å².